The number of halogens is 2. The molecule has 0 aromatic heterocycles. The van der Waals surface area contributed by atoms with Crippen molar-refractivity contribution in [3.8, 4) is 5.75 Å². The van der Waals surface area contributed by atoms with Gasteiger partial charge in [0.25, 0.3) is 0 Å². The van der Waals surface area contributed by atoms with E-state index >= 15 is 0 Å². The zero-order valence-corrected chi connectivity index (χ0v) is 13.3. The van der Waals surface area contributed by atoms with Gasteiger partial charge in [0.2, 0.25) is 0 Å². The molecule has 0 radical (unpaired) electrons. The molecule has 112 valence electrons. The molecule has 1 N–H and O–H groups in total. The second-order valence-electron chi connectivity index (χ2n) is 4.73. The van der Waals surface area contributed by atoms with Gasteiger partial charge in [-0.15, -0.1) is 0 Å². The van der Waals surface area contributed by atoms with Crippen LogP contribution in [0.1, 0.15) is 11.1 Å². The van der Waals surface area contributed by atoms with Crippen molar-refractivity contribution in [1.82, 2.24) is 0 Å². The predicted molar refractivity (Wildman–Crippen MR) is 91.1 cm³/mol. The Bertz CT molecular complexity index is 792. The molecule has 0 aliphatic carbocycles. The summed E-state index contributed by atoms with van der Waals surface area (Å²) >= 11 is 11.5. The molecule has 0 saturated heterocycles. The van der Waals surface area contributed by atoms with Crippen LogP contribution >= 0.6 is 23.8 Å². The first-order chi connectivity index (χ1) is 10.6. The number of ether oxygens (including phenoxy) is 1. The second-order valence-corrected chi connectivity index (χ2v) is 5.63. The number of hydrogen-bond acceptors (Lipinski definition) is 3. The molecule has 0 unspecified atom stereocenters. The van der Waals surface area contributed by atoms with Crippen molar-refractivity contribution in [2.75, 3.05) is 19.0 Å². The van der Waals surface area contributed by atoms with Gasteiger partial charge >= 0.3 is 0 Å². The number of anilines is 1. The summed E-state index contributed by atoms with van der Waals surface area (Å²) in [7, 11) is 1.42. The largest absolute Gasteiger partial charge is 0.494 e. The number of methoxy groups -OCH3 is 1. The van der Waals surface area contributed by atoms with Crippen molar-refractivity contribution in [2.45, 2.75) is 0 Å². The fraction of sp³-hybridized carbons (Fsp3) is 0.125. The fourth-order valence-electron chi connectivity index (χ4n) is 2.32. The van der Waals surface area contributed by atoms with Gasteiger partial charge in [-0.3, -0.25) is 4.99 Å². The highest BCUT2D eigenvalue weighted by atomic mass is 35.5. The minimum atomic E-state index is -0.462. The van der Waals surface area contributed by atoms with Crippen LogP contribution in [0.15, 0.2) is 41.4 Å². The summed E-state index contributed by atoms with van der Waals surface area (Å²) in [5.74, 6) is -0.315. The second kappa shape index (κ2) is 6.02. The van der Waals surface area contributed by atoms with E-state index in [9.17, 15) is 4.39 Å². The third-order valence-corrected chi connectivity index (χ3v) is 3.89. The summed E-state index contributed by atoms with van der Waals surface area (Å²) in [6.45, 7) is 0.314. The molecule has 0 saturated carbocycles. The normalized spacial score (nSPS) is 13.8. The van der Waals surface area contributed by atoms with E-state index in [1.54, 1.807) is 12.1 Å². The molecule has 0 amide bonds. The number of benzodiazepines with no additional fused rings is 1. The lowest BCUT2D eigenvalue weighted by Crippen LogP contribution is -2.11. The van der Waals surface area contributed by atoms with Crippen molar-refractivity contribution in [1.29, 1.82) is 0 Å². The van der Waals surface area contributed by atoms with Gasteiger partial charge in [0.1, 0.15) is 4.99 Å². The van der Waals surface area contributed by atoms with Crippen LogP contribution in [0.2, 0.25) is 5.02 Å². The Balaban J connectivity index is 2.23. The Morgan fingerprint density at radius 3 is 2.77 bits per heavy atom. The number of aliphatic imine (C=N–C) groups is 1. The monoisotopic (exact) mass is 334 g/mol. The molecule has 0 spiro atoms. The summed E-state index contributed by atoms with van der Waals surface area (Å²) in [5.41, 5.74) is 2.60. The molecule has 1 aliphatic heterocycles. The lowest BCUT2D eigenvalue weighted by Gasteiger charge is -2.13. The number of hydrogen-bond donors (Lipinski definition) is 1. The van der Waals surface area contributed by atoms with Crippen LogP contribution in [0.25, 0.3) is 0 Å². The third kappa shape index (κ3) is 2.69. The van der Waals surface area contributed by atoms with E-state index in [1.807, 2.05) is 18.2 Å². The first-order valence-electron chi connectivity index (χ1n) is 6.57. The molecule has 3 rings (SSSR count). The molecule has 2 aromatic rings. The van der Waals surface area contributed by atoms with E-state index in [4.69, 9.17) is 28.6 Å². The minimum Gasteiger partial charge on any atom is -0.494 e. The van der Waals surface area contributed by atoms with Crippen molar-refractivity contribution < 1.29 is 9.13 Å². The molecule has 0 bridgehead atoms. The molecule has 2 aromatic carbocycles. The highest BCUT2D eigenvalue weighted by molar-refractivity contribution is 7.80. The Labute approximate surface area is 137 Å². The van der Waals surface area contributed by atoms with Crippen molar-refractivity contribution in [3.05, 3.63) is 58.4 Å². The van der Waals surface area contributed by atoms with Gasteiger partial charge in [-0.25, -0.2) is 4.39 Å². The summed E-state index contributed by atoms with van der Waals surface area (Å²) in [5, 5.41) is 3.62. The molecule has 0 fully saturated rings. The Hall–Kier alpha value is -1.98. The topological polar surface area (TPSA) is 33.6 Å². The van der Waals surface area contributed by atoms with Crippen LogP contribution in [0.3, 0.4) is 0 Å². The Kier molecular flexibility index (Phi) is 4.09. The quantitative estimate of drug-likeness (QED) is 0.840. The predicted octanol–water partition coefficient (Wildman–Crippen LogP) is 4.08. The fourth-order valence-corrected chi connectivity index (χ4v) is 2.72. The van der Waals surface area contributed by atoms with Gasteiger partial charge in [-0.05, 0) is 12.1 Å². The zero-order chi connectivity index (χ0) is 15.7. The maximum Gasteiger partial charge on any atom is 0.165 e. The van der Waals surface area contributed by atoms with Crippen molar-refractivity contribution in [3.63, 3.8) is 0 Å². The maximum absolute atomic E-state index is 14.1. The maximum atomic E-state index is 14.1. The molecule has 3 nitrogen and oxygen atoms in total. The van der Waals surface area contributed by atoms with E-state index in [-0.39, 0.29) is 5.75 Å². The average molecular weight is 335 g/mol. The van der Waals surface area contributed by atoms with Crippen LogP contribution in [0.4, 0.5) is 10.1 Å². The Morgan fingerprint density at radius 2 is 2.05 bits per heavy atom. The molecule has 22 heavy (non-hydrogen) atoms. The first-order valence-corrected chi connectivity index (χ1v) is 7.36. The van der Waals surface area contributed by atoms with E-state index in [0.717, 1.165) is 5.56 Å². The van der Waals surface area contributed by atoms with Gasteiger partial charge in [-0.2, -0.15) is 0 Å². The molecule has 1 aliphatic rings. The van der Waals surface area contributed by atoms with E-state index in [1.165, 1.54) is 13.2 Å². The van der Waals surface area contributed by atoms with Crippen molar-refractivity contribution in [2.24, 2.45) is 4.99 Å². The van der Waals surface area contributed by atoms with Crippen molar-refractivity contribution >= 4 is 40.2 Å². The van der Waals surface area contributed by atoms with Gasteiger partial charge in [0.15, 0.2) is 11.6 Å². The lowest BCUT2D eigenvalue weighted by molar-refractivity contribution is 0.387. The number of rotatable bonds is 2. The van der Waals surface area contributed by atoms with Gasteiger partial charge in [0, 0.05) is 22.2 Å². The van der Waals surface area contributed by atoms with Crippen LogP contribution in [0, 0.1) is 5.82 Å². The summed E-state index contributed by atoms with van der Waals surface area (Å²) in [6.07, 6.45) is 0. The molecular weight excluding hydrogens is 323 g/mol. The average Bonchev–Trinajstić information content (AvgIpc) is 2.65. The number of benzene rings is 2. The molecule has 1 heterocycles. The standard InChI is InChI=1S/C16H12ClFN2OS/c1-21-14-7-13-10(6-12(14)18)16(19-8-15(22)20-13)9-4-2-3-5-11(9)17/h2-7H,8H2,1H3,(H,20,22). The minimum absolute atomic E-state index is 0.148. The SMILES string of the molecule is COc1cc2c(cc1F)C(c1ccccc1Cl)=NCC(=S)N2. The molecule has 0 atom stereocenters. The number of nitrogens with one attached hydrogen (secondary N) is 1. The van der Waals surface area contributed by atoms with Gasteiger partial charge < -0.3 is 10.1 Å². The zero-order valence-electron chi connectivity index (χ0n) is 11.7. The smallest absolute Gasteiger partial charge is 0.165 e. The van der Waals surface area contributed by atoms with Crippen LogP contribution in [-0.2, 0) is 0 Å². The van der Waals surface area contributed by atoms with Crippen LogP contribution in [-0.4, -0.2) is 24.4 Å². The highest BCUT2D eigenvalue weighted by Gasteiger charge is 2.21. The number of fused-ring (bicyclic) bond motifs is 1. The first kappa shape index (κ1) is 14.9. The van der Waals surface area contributed by atoms with E-state index in [2.05, 4.69) is 10.3 Å². The van der Waals surface area contributed by atoms with Crippen LogP contribution in [0.5, 0.6) is 5.75 Å². The summed E-state index contributed by atoms with van der Waals surface area (Å²) in [6, 6.07) is 10.3. The lowest BCUT2D eigenvalue weighted by atomic mass is 10.00. The van der Waals surface area contributed by atoms with Crippen LogP contribution < -0.4 is 10.1 Å². The van der Waals surface area contributed by atoms with E-state index in [0.29, 0.717) is 33.5 Å². The highest BCUT2D eigenvalue weighted by Crippen LogP contribution is 2.31. The Morgan fingerprint density at radius 1 is 1.27 bits per heavy atom. The van der Waals surface area contributed by atoms with Gasteiger partial charge in [0.05, 0.1) is 25.1 Å². The third-order valence-electron chi connectivity index (χ3n) is 3.33. The summed E-state index contributed by atoms with van der Waals surface area (Å²) in [4.78, 5) is 5.05. The number of thiocarbonyl (C=S) groups is 1. The number of nitrogens with zero attached hydrogens (tertiary/aromatic N) is 1. The van der Waals surface area contributed by atoms with E-state index < -0.39 is 5.82 Å². The molecular formula is C16H12ClFN2OS. The van der Waals surface area contributed by atoms with Gasteiger partial charge in [-0.1, -0.05) is 42.0 Å². The summed E-state index contributed by atoms with van der Waals surface area (Å²) < 4.78 is 19.2. The molecule has 6 heteroatoms.